The van der Waals surface area contributed by atoms with Crippen LogP contribution < -0.4 is 9.47 Å². The number of carbonyl (C=O) groups excluding carboxylic acids is 1. The lowest BCUT2D eigenvalue weighted by Crippen LogP contribution is -2.12. The fraction of sp³-hybridized carbons (Fsp3) is 0.333. The maximum Gasteiger partial charge on any atom is 0.337 e. The second-order valence-corrected chi connectivity index (χ2v) is 7.69. The minimum Gasteiger partial charge on any atom is -0.490 e. The smallest absolute Gasteiger partial charge is 0.337 e. The van der Waals surface area contributed by atoms with E-state index in [1.165, 1.54) is 12.7 Å². The van der Waals surface area contributed by atoms with Gasteiger partial charge in [-0.05, 0) is 42.7 Å². The number of nitrogens with zero attached hydrogens (tertiary/aromatic N) is 2. The fourth-order valence-corrected chi connectivity index (χ4v) is 3.34. The Morgan fingerprint density at radius 3 is 2.45 bits per heavy atom. The molecule has 1 heterocycles. The number of aromatic nitrogens is 2. The predicted octanol–water partition coefficient (Wildman–Crippen LogP) is 5.59. The number of esters is 1. The van der Waals surface area contributed by atoms with Crippen molar-refractivity contribution in [1.82, 2.24) is 9.78 Å². The molecule has 0 fully saturated rings. The van der Waals surface area contributed by atoms with Gasteiger partial charge in [-0.1, -0.05) is 43.6 Å². The van der Waals surface area contributed by atoms with Gasteiger partial charge in [0.05, 0.1) is 36.5 Å². The summed E-state index contributed by atoms with van der Waals surface area (Å²) in [5.74, 6) is 1.34. The average Bonchev–Trinajstić information content (AvgIpc) is 3.17. The molecule has 0 spiro atoms. The molecular weight excluding hydrogens is 416 g/mol. The van der Waals surface area contributed by atoms with E-state index in [2.05, 4.69) is 18.9 Å². The van der Waals surface area contributed by atoms with Crippen molar-refractivity contribution in [3.8, 4) is 22.9 Å². The summed E-state index contributed by atoms with van der Waals surface area (Å²) in [4.78, 5) is 11.6. The van der Waals surface area contributed by atoms with E-state index >= 15 is 0 Å². The first-order valence-electron chi connectivity index (χ1n) is 10.2. The zero-order valence-electron chi connectivity index (χ0n) is 18.2. The number of rotatable bonds is 9. The van der Waals surface area contributed by atoms with Crippen LogP contribution in [0.3, 0.4) is 0 Å². The van der Waals surface area contributed by atoms with Crippen LogP contribution in [0.2, 0.25) is 5.02 Å². The summed E-state index contributed by atoms with van der Waals surface area (Å²) >= 11 is 6.36. The van der Waals surface area contributed by atoms with Gasteiger partial charge in [0.15, 0.2) is 0 Å². The van der Waals surface area contributed by atoms with Crippen molar-refractivity contribution >= 4 is 17.6 Å². The molecule has 31 heavy (non-hydrogen) atoms. The van der Waals surface area contributed by atoms with Gasteiger partial charge in [-0.3, -0.25) is 0 Å². The van der Waals surface area contributed by atoms with Crippen LogP contribution in [0.4, 0.5) is 0 Å². The Morgan fingerprint density at radius 1 is 1.10 bits per heavy atom. The molecule has 0 atom stereocenters. The normalized spacial score (nSPS) is 10.9. The molecule has 0 aliphatic rings. The summed E-state index contributed by atoms with van der Waals surface area (Å²) in [7, 11) is 1.36. The molecule has 0 N–H and O–H groups in total. The molecule has 7 heteroatoms. The number of hydrogen-bond acceptors (Lipinski definition) is 5. The highest BCUT2D eigenvalue weighted by atomic mass is 35.5. The molecule has 3 rings (SSSR count). The Balaban J connectivity index is 1.71. The van der Waals surface area contributed by atoms with Gasteiger partial charge in [-0.2, -0.15) is 5.10 Å². The number of hydrogen-bond donors (Lipinski definition) is 0. The molecule has 0 saturated carbocycles. The summed E-state index contributed by atoms with van der Waals surface area (Å²) in [6.07, 6.45) is 0. The summed E-state index contributed by atoms with van der Waals surface area (Å²) in [5, 5.41) is 5.25. The largest absolute Gasteiger partial charge is 0.490 e. The minimum atomic E-state index is -0.371. The van der Waals surface area contributed by atoms with E-state index in [1.807, 2.05) is 43.3 Å². The van der Waals surface area contributed by atoms with Gasteiger partial charge in [0.25, 0.3) is 0 Å². The number of ether oxygens (including phenoxy) is 3. The highest BCUT2D eigenvalue weighted by Crippen LogP contribution is 2.29. The van der Waals surface area contributed by atoms with E-state index < -0.39 is 0 Å². The maximum absolute atomic E-state index is 11.6. The topological polar surface area (TPSA) is 62.6 Å². The first-order chi connectivity index (χ1) is 14.9. The number of methoxy groups -OCH3 is 1. The van der Waals surface area contributed by atoms with Gasteiger partial charge in [-0.25, -0.2) is 9.48 Å². The third-order valence-electron chi connectivity index (χ3n) is 4.82. The Hall–Kier alpha value is -2.99. The van der Waals surface area contributed by atoms with Gasteiger partial charge in [0.1, 0.15) is 12.4 Å². The number of benzene rings is 2. The molecular formula is C24H27ClN2O4. The lowest BCUT2D eigenvalue weighted by molar-refractivity contribution is 0.0600. The van der Waals surface area contributed by atoms with Gasteiger partial charge in [0.2, 0.25) is 5.88 Å². The van der Waals surface area contributed by atoms with Crippen molar-refractivity contribution in [2.75, 3.05) is 20.3 Å². The van der Waals surface area contributed by atoms with Crippen molar-refractivity contribution in [2.24, 2.45) is 0 Å². The third kappa shape index (κ3) is 5.58. The zero-order valence-corrected chi connectivity index (χ0v) is 19.0. The Kier molecular flexibility index (Phi) is 7.58. The number of halogens is 1. The molecule has 0 aliphatic carbocycles. The molecule has 0 aliphatic heterocycles. The van der Waals surface area contributed by atoms with Gasteiger partial charge in [-0.15, -0.1) is 0 Å². The van der Waals surface area contributed by atoms with Crippen LogP contribution >= 0.6 is 11.6 Å². The molecule has 0 unspecified atom stereocenters. The first kappa shape index (κ1) is 22.7. The summed E-state index contributed by atoms with van der Waals surface area (Å²) in [6, 6.07) is 14.8. The van der Waals surface area contributed by atoms with Crippen molar-refractivity contribution in [3.05, 3.63) is 64.7 Å². The molecule has 2 aromatic carbocycles. The monoisotopic (exact) mass is 442 g/mol. The van der Waals surface area contributed by atoms with Crippen LogP contribution in [-0.4, -0.2) is 36.1 Å². The standard InChI is InChI=1S/C24H27ClN2O4/c1-5-30-23-15-21(17-6-8-18(9-7-17)24(28)29-4)26-27(23)12-13-31-22-11-10-19(16(2)3)14-20(22)25/h6-11,14-16H,5,12-13H2,1-4H3. The predicted molar refractivity (Wildman–Crippen MR) is 121 cm³/mol. The molecule has 1 aromatic heterocycles. The number of carbonyl (C=O) groups is 1. The first-order valence-corrected chi connectivity index (χ1v) is 10.6. The van der Waals surface area contributed by atoms with Crippen molar-refractivity contribution < 1.29 is 19.0 Å². The van der Waals surface area contributed by atoms with Crippen molar-refractivity contribution in [1.29, 1.82) is 0 Å². The van der Waals surface area contributed by atoms with E-state index in [0.717, 1.165) is 11.3 Å². The second kappa shape index (κ2) is 10.4. The summed E-state index contributed by atoms with van der Waals surface area (Å²) in [5.41, 5.74) is 3.29. The van der Waals surface area contributed by atoms with Crippen molar-refractivity contribution in [2.45, 2.75) is 33.2 Å². The Bertz CT molecular complexity index is 1030. The molecule has 6 nitrogen and oxygen atoms in total. The molecule has 0 radical (unpaired) electrons. The van der Waals surface area contributed by atoms with Crippen LogP contribution in [0.5, 0.6) is 11.6 Å². The van der Waals surface area contributed by atoms with E-state index in [1.54, 1.807) is 16.8 Å². The fourth-order valence-electron chi connectivity index (χ4n) is 3.10. The van der Waals surface area contributed by atoms with E-state index in [-0.39, 0.29) is 5.97 Å². The Morgan fingerprint density at radius 2 is 1.84 bits per heavy atom. The van der Waals surface area contributed by atoms with Gasteiger partial charge in [0, 0.05) is 11.6 Å². The zero-order chi connectivity index (χ0) is 22.4. The summed E-state index contributed by atoms with van der Waals surface area (Å²) < 4.78 is 18.1. The maximum atomic E-state index is 11.6. The molecule has 164 valence electrons. The van der Waals surface area contributed by atoms with E-state index in [0.29, 0.717) is 47.9 Å². The molecule has 0 saturated heterocycles. The second-order valence-electron chi connectivity index (χ2n) is 7.29. The summed E-state index contributed by atoms with van der Waals surface area (Å²) in [6.45, 7) is 7.59. The third-order valence-corrected chi connectivity index (χ3v) is 5.12. The average molecular weight is 443 g/mol. The van der Waals surface area contributed by atoms with E-state index in [9.17, 15) is 4.79 Å². The molecule has 3 aromatic rings. The van der Waals surface area contributed by atoms with Gasteiger partial charge >= 0.3 is 5.97 Å². The van der Waals surface area contributed by atoms with Crippen LogP contribution in [0.15, 0.2) is 48.5 Å². The van der Waals surface area contributed by atoms with Crippen LogP contribution in [-0.2, 0) is 11.3 Å². The van der Waals surface area contributed by atoms with Gasteiger partial charge < -0.3 is 14.2 Å². The van der Waals surface area contributed by atoms with Crippen LogP contribution in [0.25, 0.3) is 11.3 Å². The van der Waals surface area contributed by atoms with Crippen molar-refractivity contribution in [3.63, 3.8) is 0 Å². The lowest BCUT2D eigenvalue weighted by atomic mass is 10.0. The highest BCUT2D eigenvalue weighted by molar-refractivity contribution is 6.32. The quantitative estimate of drug-likeness (QED) is 0.404. The van der Waals surface area contributed by atoms with Crippen LogP contribution in [0.1, 0.15) is 42.6 Å². The molecule has 0 amide bonds. The van der Waals surface area contributed by atoms with Crippen LogP contribution in [0, 0.1) is 0 Å². The Labute approximate surface area is 187 Å². The minimum absolute atomic E-state index is 0.371. The molecule has 0 bridgehead atoms. The van der Waals surface area contributed by atoms with E-state index in [4.69, 9.17) is 25.8 Å². The SMILES string of the molecule is CCOc1cc(-c2ccc(C(=O)OC)cc2)nn1CCOc1ccc(C(C)C)cc1Cl. The highest BCUT2D eigenvalue weighted by Gasteiger charge is 2.13. The lowest BCUT2D eigenvalue weighted by Gasteiger charge is -2.12.